The zero-order valence-corrected chi connectivity index (χ0v) is 12.8. The van der Waals surface area contributed by atoms with E-state index < -0.39 is 0 Å². The van der Waals surface area contributed by atoms with Crippen LogP contribution in [0.4, 0.5) is 0 Å². The van der Waals surface area contributed by atoms with Crippen molar-refractivity contribution in [1.82, 2.24) is 34.5 Å². The second kappa shape index (κ2) is 6.46. The van der Waals surface area contributed by atoms with Crippen molar-refractivity contribution in [2.24, 2.45) is 0 Å². The minimum Gasteiger partial charge on any atom is -0.312 e. The minimum atomic E-state index is 0.783. The second-order valence-electron chi connectivity index (χ2n) is 5.10. The first-order valence-electron chi connectivity index (χ1n) is 7.57. The van der Waals surface area contributed by atoms with E-state index in [2.05, 4.69) is 34.2 Å². The summed E-state index contributed by atoms with van der Waals surface area (Å²) in [5, 5.41) is 16.4. The number of hydrogen-bond donors (Lipinski definition) is 0. The predicted molar refractivity (Wildman–Crippen MR) is 82.9 cm³/mol. The lowest BCUT2D eigenvalue weighted by Crippen LogP contribution is -2.02. The third kappa shape index (κ3) is 2.74. The van der Waals surface area contributed by atoms with Crippen molar-refractivity contribution in [3.05, 3.63) is 30.9 Å². The summed E-state index contributed by atoms with van der Waals surface area (Å²) in [5.74, 6) is 1.57. The molecule has 0 unspecified atom stereocenters. The van der Waals surface area contributed by atoms with Crippen LogP contribution in [0.15, 0.2) is 30.9 Å². The Morgan fingerprint density at radius 1 is 0.818 bits per heavy atom. The smallest absolute Gasteiger partial charge is 0.182 e. The molecule has 114 valence electrons. The van der Waals surface area contributed by atoms with Crippen LogP contribution in [0.25, 0.3) is 23.0 Å². The fourth-order valence-corrected chi connectivity index (χ4v) is 2.40. The average molecular weight is 297 g/mol. The van der Waals surface area contributed by atoms with Gasteiger partial charge in [0.25, 0.3) is 0 Å². The van der Waals surface area contributed by atoms with Crippen LogP contribution in [0.2, 0.25) is 0 Å². The SMILES string of the molecule is CCCn1cnnc1-c1cccc(-c2nncn2CCC)n1. The summed E-state index contributed by atoms with van der Waals surface area (Å²) in [4.78, 5) is 4.70. The molecule has 0 aliphatic heterocycles. The molecule has 0 spiro atoms. The Bertz CT molecular complexity index is 684. The Morgan fingerprint density at radius 3 is 1.77 bits per heavy atom. The van der Waals surface area contributed by atoms with E-state index in [1.165, 1.54) is 0 Å². The van der Waals surface area contributed by atoms with E-state index in [0.717, 1.165) is 49.0 Å². The summed E-state index contributed by atoms with van der Waals surface area (Å²) >= 11 is 0. The van der Waals surface area contributed by atoms with Crippen LogP contribution in [0, 0.1) is 0 Å². The molecule has 0 bridgehead atoms. The first kappa shape index (κ1) is 14.4. The van der Waals surface area contributed by atoms with Gasteiger partial charge in [-0.1, -0.05) is 19.9 Å². The van der Waals surface area contributed by atoms with Crippen molar-refractivity contribution in [2.75, 3.05) is 0 Å². The van der Waals surface area contributed by atoms with Gasteiger partial charge in [0, 0.05) is 13.1 Å². The van der Waals surface area contributed by atoms with Gasteiger partial charge in [0.2, 0.25) is 0 Å². The molecular formula is C15H19N7. The summed E-state index contributed by atoms with van der Waals surface area (Å²) in [6.45, 7) is 6.00. The summed E-state index contributed by atoms with van der Waals surface area (Å²) < 4.78 is 4.03. The van der Waals surface area contributed by atoms with Crippen LogP contribution < -0.4 is 0 Å². The second-order valence-corrected chi connectivity index (χ2v) is 5.10. The molecule has 0 fully saturated rings. The molecule has 0 aliphatic carbocycles. The van der Waals surface area contributed by atoms with Crippen LogP contribution in [0.1, 0.15) is 26.7 Å². The maximum atomic E-state index is 4.70. The van der Waals surface area contributed by atoms with Crippen LogP contribution in [0.3, 0.4) is 0 Å². The van der Waals surface area contributed by atoms with Gasteiger partial charge in [-0.3, -0.25) is 0 Å². The first-order chi connectivity index (χ1) is 10.8. The minimum absolute atomic E-state index is 0.783. The highest BCUT2D eigenvalue weighted by molar-refractivity contribution is 5.57. The normalized spacial score (nSPS) is 11.0. The molecule has 7 heteroatoms. The van der Waals surface area contributed by atoms with Gasteiger partial charge in [-0.25, -0.2) is 4.98 Å². The third-order valence-corrected chi connectivity index (χ3v) is 3.37. The van der Waals surface area contributed by atoms with Crippen molar-refractivity contribution >= 4 is 0 Å². The molecule has 3 heterocycles. The highest BCUT2D eigenvalue weighted by Gasteiger charge is 2.12. The lowest BCUT2D eigenvalue weighted by Gasteiger charge is -2.07. The van der Waals surface area contributed by atoms with E-state index in [4.69, 9.17) is 4.98 Å². The molecule has 3 aromatic heterocycles. The zero-order valence-electron chi connectivity index (χ0n) is 12.8. The molecule has 3 aromatic rings. The Balaban J connectivity index is 1.99. The summed E-state index contributed by atoms with van der Waals surface area (Å²) in [6.07, 6.45) is 5.53. The van der Waals surface area contributed by atoms with Crippen molar-refractivity contribution in [2.45, 2.75) is 39.8 Å². The highest BCUT2D eigenvalue weighted by Crippen LogP contribution is 2.20. The molecule has 0 radical (unpaired) electrons. The first-order valence-corrected chi connectivity index (χ1v) is 7.57. The van der Waals surface area contributed by atoms with E-state index in [-0.39, 0.29) is 0 Å². The summed E-state index contributed by atoms with van der Waals surface area (Å²) in [6, 6.07) is 5.86. The van der Waals surface area contributed by atoms with Gasteiger partial charge < -0.3 is 9.13 Å². The zero-order chi connectivity index (χ0) is 15.4. The average Bonchev–Trinajstić information content (AvgIpc) is 3.17. The quantitative estimate of drug-likeness (QED) is 0.698. The summed E-state index contributed by atoms with van der Waals surface area (Å²) in [7, 11) is 0. The molecule has 7 nitrogen and oxygen atoms in total. The number of nitrogens with zero attached hydrogens (tertiary/aromatic N) is 7. The Labute approximate surface area is 129 Å². The molecule has 0 aromatic carbocycles. The number of hydrogen-bond acceptors (Lipinski definition) is 5. The van der Waals surface area contributed by atoms with E-state index in [1.54, 1.807) is 12.7 Å². The van der Waals surface area contributed by atoms with E-state index in [0.29, 0.717) is 0 Å². The van der Waals surface area contributed by atoms with Crippen molar-refractivity contribution in [1.29, 1.82) is 0 Å². The molecule has 22 heavy (non-hydrogen) atoms. The molecular weight excluding hydrogens is 278 g/mol. The highest BCUT2D eigenvalue weighted by atomic mass is 15.3. The molecule has 0 N–H and O–H groups in total. The summed E-state index contributed by atoms with van der Waals surface area (Å²) in [5.41, 5.74) is 1.60. The lowest BCUT2D eigenvalue weighted by molar-refractivity contribution is 0.679. The van der Waals surface area contributed by atoms with E-state index >= 15 is 0 Å². The Morgan fingerprint density at radius 2 is 1.32 bits per heavy atom. The number of aromatic nitrogens is 7. The van der Waals surface area contributed by atoms with Gasteiger partial charge in [-0.15, -0.1) is 20.4 Å². The third-order valence-electron chi connectivity index (χ3n) is 3.37. The van der Waals surface area contributed by atoms with E-state index in [1.807, 2.05) is 27.3 Å². The Kier molecular flexibility index (Phi) is 4.22. The molecule has 0 saturated carbocycles. The fourth-order valence-electron chi connectivity index (χ4n) is 2.40. The van der Waals surface area contributed by atoms with Crippen molar-refractivity contribution in [3.63, 3.8) is 0 Å². The van der Waals surface area contributed by atoms with Gasteiger partial charge in [0.1, 0.15) is 24.0 Å². The number of rotatable bonds is 6. The maximum Gasteiger partial charge on any atom is 0.182 e. The lowest BCUT2D eigenvalue weighted by atomic mass is 10.2. The largest absolute Gasteiger partial charge is 0.312 e. The standard InChI is InChI=1S/C15H19N7/c1-3-8-21-10-16-19-14(21)12-6-5-7-13(18-12)15-20-17-11-22(15)9-4-2/h5-7,10-11H,3-4,8-9H2,1-2H3. The van der Waals surface area contributed by atoms with Crippen LogP contribution in [0.5, 0.6) is 0 Å². The van der Waals surface area contributed by atoms with Gasteiger partial charge in [-0.05, 0) is 25.0 Å². The van der Waals surface area contributed by atoms with Gasteiger partial charge in [-0.2, -0.15) is 0 Å². The monoisotopic (exact) mass is 297 g/mol. The van der Waals surface area contributed by atoms with Crippen LogP contribution >= 0.6 is 0 Å². The maximum absolute atomic E-state index is 4.70. The van der Waals surface area contributed by atoms with Gasteiger partial charge in [0.05, 0.1) is 0 Å². The molecule has 3 rings (SSSR count). The topological polar surface area (TPSA) is 74.3 Å². The predicted octanol–water partition coefficient (Wildman–Crippen LogP) is 2.42. The van der Waals surface area contributed by atoms with Crippen molar-refractivity contribution in [3.8, 4) is 23.0 Å². The Hall–Kier alpha value is -2.57. The fraction of sp³-hybridized carbons (Fsp3) is 0.400. The van der Waals surface area contributed by atoms with Gasteiger partial charge >= 0.3 is 0 Å². The number of aryl methyl sites for hydroxylation is 2. The van der Waals surface area contributed by atoms with Crippen LogP contribution in [-0.4, -0.2) is 34.5 Å². The molecule has 0 saturated heterocycles. The molecule has 0 atom stereocenters. The molecule has 0 amide bonds. The number of pyridine rings is 1. The van der Waals surface area contributed by atoms with Gasteiger partial charge in [0.15, 0.2) is 11.6 Å². The van der Waals surface area contributed by atoms with Crippen LogP contribution in [-0.2, 0) is 13.1 Å². The molecule has 0 aliphatic rings. The van der Waals surface area contributed by atoms with Crippen molar-refractivity contribution < 1.29 is 0 Å². The van der Waals surface area contributed by atoms with E-state index in [9.17, 15) is 0 Å².